The molecule has 1 aromatic rings. The fraction of sp³-hybridized carbons (Fsp3) is 0.455. The molecule has 0 aliphatic carbocycles. The number of carbonyl (C=O) groups is 2. The third kappa shape index (κ3) is 5.48. The molecule has 100 valence electrons. The van der Waals surface area contributed by atoms with Gasteiger partial charge >= 0.3 is 5.97 Å². The fourth-order valence-electron chi connectivity index (χ4n) is 1.37. The van der Waals surface area contributed by atoms with Gasteiger partial charge in [-0.25, -0.2) is 0 Å². The zero-order valence-corrected chi connectivity index (χ0v) is 11.6. The van der Waals surface area contributed by atoms with Gasteiger partial charge in [0.05, 0.1) is 10.9 Å². The van der Waals surface area contributed by atoms with Gasteiger partial charge in [0, 0.05) is 11.4 Å². The molecule has 0 spiro atoms. The number of halogens is 1. The van der Waals surface area contributed by atoms with Crippen LogP contribution >= 0.6 is 22.9 Å². The van der Waals surface area contributed by atoms with Crippen molar-refractivity contribution in [2.45, 2.75) is 13.5 Å². The highest BCUT2D eigenvalue weighted by Gasteiger charge is 2.11. The average molecular weight is 291 g/mol. The Morgan fingerprint density at radius 3 is 2.72 bits per heavy atom. The van der Waals surface area contributed by atoms with Crippen molar-refractivity contribution >= 4 is 34.8 Å². The number of nitrogens with one attached hydrogen (secondary N) is 1. The van der Waals surface area contributed by atoms with Crippen LogP contribution in [0.25, 0.3) is 0 Å². The van der Waals surface area contributed by atoms with Gasteiger partial charge in [-0.05, 0) is 18.7 Å². The Bertz CT molecular complexity index is 422. The lowest BCUT2D eigenvalue weighted by Crippen LogP contribution is -2.38. The molecule has 0 saturated carbocycles. The zero-order chi connectivity index (χ0) is 13.5. The first kappa shape index (κ1) is 14.9. The van der Waals surface area contributed by atoms with E-state index in [0.29, 0.717) is 13.1 Å². The fourth-order valence-corrected chi connectivity index (χ4v) is 2.50. The number of carboxylic acids is 1. The molecule has 18 heavy (non-hydrogen) atoms. The highest BCUT2D eigenvalue weighted by atomic mass is 35.5. The Hall–Kier alpha value is -1.11. The van der Waals surface area contributed by atoms with Gasteiger partial charge in [-0.15, -0.1) is 11.3 Å². The van der Waals surface area contributed by atoms with Gasteiger partial charge in [0.1, 0.15) is 6.54 Å². The molecule has 0 aromatic carbocycles. The predicted octanol–water partition coefficient (Wildman–Crippen LogP) is 1.42. The number of aliphatic carboxylic acids is 1. The lowest BCUT2D eigenvalue weighted by Gasteiger charge is -2.18. The third-order valence-electron chi connectivity index (χ3n) is 2.26. The highest BCUT2D eigenvalue weighted by molar-refractivity contribution is 7.16. The van der Waals surface area contributed by atoms with Crippen LogP contribution in [0.5, 0.6) is 0 Å². The number of likely N-dealkylation sites (N-methyl/N-ethyl adjacent to an activating group) is 1. The van der Waals surface area contributed by atoms with Crippen molar-refractivity contribution in [3.05, 3.63) is 21.3 Å². The van der Waals surface area contributed by atoms with Gasteiger partial charge < -0.3 is 10.4 Å². The summed E-state index contributed by atoms with van der Waals surface area (Å²) in [5.74, 6) is -1.33. The van der Waals surface area contributed by atoms with Crippen LogP contribution in [0.3, 0.4) is 0 Å². The summed E-state index contributed by atoms with van der Waals surface area (Å²) in [5.41, 5.74) is 0. The Morgan fingerprint density at radius 1 is 1.50 bits per heavy atom. The van der Waals surface area contributed by atoms with Crippen LogP contribution in [-0.4, -0.2) is 41.5 Å². The molecular formula is C11H15ClN2O3S. The molecule has 0 aliphatic rings. The molecule has 0 saturated heterocycles. The number of amides is 1. The molecule has 1 heterocycles. The highest BCUT2D eigenvalue weighted by Crippen LogP contribution is 2.22. The molecule has 5 nitrogen and oxygen atoms in total. The lowest BCUT2D eigenvalue weighted by atomic mass is 10.4. The number of carboxylic acid groups (broad SMARTS) is 1. The molecule has 0 radical (unpaired) electrons. The van der Waals surface area contributed by atoms with Crippen molar-refractivity contribution in [3.8, 4) is 0 Å². The minimum absolute atomic E-state index is 0.180. The molecule has 0 aliphatic heterocycles. The van der Waals surface area contributed by atoms with Gasteiger partial charge in [0.15, 0.2) is 0 Å². The summed E-state index contributed by atoms with van der Waals surface area (Å²) >= 11 is 7.31. The smallest absolute Gasteiger partial charge is 0.322 e. The molecule has 0 bridgehead atoms. The van der Waals surface area contributed by atoms with Crippen molar-refractivity contribution < 1.29 is 14.7 Å². The maximum atomic E-state index is 11.5. The third-order valence-corrected chi connectivity index (χ3v) is 3.48. The second-order valence-corrected chi connectivity index (χ2v) is 5.48. The van der Waals surface area contributed by atoms with Gasteiger partial charge in [-0.3, -0.25) is 14.5 Å². The summed E-state index contributed by atoms with van der Waals surface area (Å²) in [6.07, 6.45) is 0. The standard InChI is InChI=1S/C11H15ClN2O3S/c1-2-14(6-8-3-4-9(12)18-8)7-10(15)13-5-11(16)17/h3-4H,2,5-7H2,1H3,(H,13,15)(H,16,17). The summed E-state index contributed by atoms with van der Waals surface area (Å²) in [6, 6.07) is 3.74. The number of nitrogens with zero attached hydrogens (tertiary/aromatic N) is 1. The SMILES string of the molecule is CCN(CC(=O)NCC(=O)O)Cc1ccc(Cl)s1. The van der Waals surface area contributed by atoms with Crippen molar-refractivity contribution in [3.63, 3.8) is 0 Å². The quantitative estimate of drug-likeness (QED) is 0.797. The van der Waals surface area contributed by atoms with Crippen molar-refractivity contribution in [2.75, 3.05) is 19.6 Å². The van der Waals surface area contributed by atoms with E-state index in [1.54, 1.807) is 0 Å². The Kier molecular flexibility index (Phi) is 6.11. The largest absolute Gasteiger partial charge is 0.480 e. The van der Waals surface area contributed by atoms with E-state index in [2.05, 4.69) is 5.32 Å². The van der Waals surface area contributed by atoms with Crippen LogP contribution in [-0.2, 0) is 16.1 Å². The van der Waals surface area contributed by atoms with E-state index in [1.165, 1.54) is 11.3 Å². The molecule has 0 fully saturated rings. The molecule has 2 N–H and O–H groups in total. The summed E-state index contributed by atoms with van der Waals surface area (Å²) in [6.45, 7) is 3.12. The second kappa shape index (κ2) is 7.35. The van der Waals surface area contributed by atoms with Gasteiger partial charge in [-0.2, -0.15) is 0 Å². The van der Waals surface area contributed by atoms with Gasteiger partial charge in [0.2, 0.25) is 5.91 Å². The van der Waals surface area contributed by atoms with Gasteiger partial charge in [-0.1, -0.05) is 18.5 Å². The van der Waals surface area contributed by atoms with Crippen LogP contribution < -0.4 is 5.32 Å². The predicted molar refractivity (Wildman–Crippen MR) is 70.9 cm³/mol. The van der Waals surface area contributed by atoms with E-state index in [-0.39, 0.29) is 19.0 Å². The number of rotatable bonds is 7. The summed E-state index contributed by atoms with van der Waals surface area (Å²) < 4.78 is 0.719. The monoisotopic (exact) mass is 290 g/mol. The molecule has 1 amide bonds. The van der Waals surface area contributed by atoms with Crippen LogP contribution in [0.15, 0.2) is 12.1 Å². The van der Waals surface area contributed by atoms with Crippen LogP contribution in [0.1, 0.15) is 11.8 Å². The van der Waals surface area contributed by atoms with Crippen LogP contribution in [0.2, 0.25) is 4.34 Å². The number of hydrogen-bond acceptors (Lipinski definition) is 4. The summed E-state index contributed by atoms with van der Waals surface area (Å²) in [4.78, 5) is 24.8. The van der Waals surface area contributed by atoms with Crippen LogP contribution in [0.4, 0.5) is 0 Å². The van der Waals surface area contributed by atoms with E-state index >= 15 is 0 Å². The molecule has 1 rings (SSSR count). The summed E-state index contributed by atoms with van der Waals surface area (Å²) in [5, 5.41) is 10.8. The molecule has 0 atom stereocenters. The zero-order valence-electron chi connectivity index (χ0n) is 9.98. The minimum atomic E-state index is -1.04. The van der Waals surface area contributed by atoms with Gasteiger partial charge in [0.25, 0.3) is 0 Å². The van der Waals surface area contributed by atoms with E-state index in [1.807, 2.05) is 24.0 Å². The minimum Gasteiger partial charge on any atom is -0.480 e. The number of carbonyl (C=O) groups excluding carboxylic acids is 1. The molecular weight excluding hydrogens is 276 g/mol. The Labute approximate surface area is 114 Å². The number of hydrogen-bond donors (Lipinski definition) is 2. The van der Waals surface area contributed by atoms with E-state index in [0.717, 1.165) is 9.21 Å². The van der Waals surface area contributed by atoms with E-state index < -0.39 is 5.97 Å². The lowest BCUT2D eigenvalue weighted by molar-refractivity contribution is -0.138. The average Bonchev–Trinajstić information content (AvgIpc) is 2.71. The Balaban J connectivity index is 2.41. The molecule has 1 aromatic heterocycles. The Morgan fingerprint density at radius 2 is 2.22 bits per heavy atom. The molecule has 0 unspecified atom stereocenters. The topological polar surface area (TPSA) is 69.6 Å². The molecule has 7 heteroatoms. The second-order valence-electron chi connectivity index (χ2n) is 3.68. The number of thiophene rings is 1. The van der Waals surface area contributed by atoms with Crippen LogP contribution in [0, 0.1) is 0 Å². The van der Waals surface area contributed by atoms with Crippen molar-refractivity contribution in [1.82, 2.24) is 10.2 Å². The summed E-state index contributed by atoms with van der Waals surface area (Å²) in [7, 11) is 0. The van der Waals surface area contributed by atoms with E-state index in [4.69, 9.17) is 16.7 Å². The first-order chi connectivity index (χ1) is 8.51. The van der Waals surface area contributed by atoms with E-state index in [9.17, 15) is 9.59 Å². The maximum Gasteiger partial charge on any atom is 0.322 e. The maximum absolute atomic E-state index is 11.5. The van der Waals surface area contributed by atoms with Crippen molar-refractivity contribution in [1.29, 1.82) is 0 Å². The first-order valence-corrected chi connectivity index (χ1v) is 6.65. The normalized spacial score (nSPS) is 10.6. The first-order valence-electron chi connectivity index (χ1n) is 5.46. The van der Waals surface area contributed by atoms with Crippen molar-refractivity contribution in [2.24, 2.45) is 0 Å².